The predicted molar refractivity (Wildman–Crippen MR) is 133 cm³/mol. The Morgan fingerprint density at radius 1 is 1.03 bits per heavy atom. The van der Waals surface area contributed by atoms with Gasteiger partial charge in [0.1, 0.15) is 11.5 Å². The van der Waals surface area contributed by atoms with E-state index in [1.807, 2.05) is 61.5 Å². The van der Waals surface area contributed by atoms with Crippen LogP contribution in [0, 0.1) is 13.8 Å². The molecule has 0 spiro atoms. The molecular formula is C24H23N7O2S. The molecule has 0 saturated carbocycles. The maximum atomic E-state index is 13.1. The lowest BCUT2D eigenvalue weighted by atomic mass is 10.2. The summed E-state index contributed by atoms with van der Waals surface area (Å²) in [5.41, 5.74) is 2.85. The Hall–Kier alpha value is -3.92. The Balaban J connectivity index is 1.45. The van der Waals surface area contributed by atoms with Gasteiger partial charge in [-0.2, -0.15) is 4.52 Å². The number of para-hydroxylation sites is 2. The number of rotatable bonds is 5. The first kappa shape index (κ1) is 21.9. The molecule has 1 amide bonds. The minimum Gasteiger partial charge on any atom is -0.319 e. The largest absolute Gasteiger partial charge is 0.319 e. The maximum absolute atomic E-state index is 13.1. The smallest absolute Gasteiger partial charge is 0.295 e. The topological polar surface area (TPSA) is 99.1 Å². The van der Waals surface area contributed by atoms with Gasteiger partial charge in [0.15, 0.2) is 10.8 Å². The highest BCUT2D eigenvalue weighted by atomic mass is 32.2. The van der Waals surface area contributed by atoms with Gasteiger partial charge in [0.2, 0.25) is 5.91 Å². The first-order valence-electron chi connectivity index (χ1n) is 10.8. The summed E-state index contributed by atoms with van der Waals surface area (Å²) in [7, 11) is 1.79. The van der Waals surface area contributed by atoms with Gasteiger partial charge in [-0.25, -0.2) is 14.6 Å². The number of carbonyl (C=O) groups is 1. The SMILES string of the molecule is Cc1nc2c3ccccc3nc(S[C@H](C)C(=O)Nc3c(C)n(C)n(-c4ccccc4)c3=O)n2n1. The standard InChI is InChI=1S/C24H23N7O2S/c1-14-20(23(33)31(29(14)4)17-10-6-5-7-11-17)27-22(32)15(2)34-24-26-19-13-9-8-12-18(19)21-25-16(3)28-30(21)24/h5-13,15H,1-4H3,(H,27,32)/t15-/m1/s1. The molecule has 0 aliphatic rings. The normalized spacial score (nSPS) is 12.4. The van der Waals surface area contributed by atoms with Crippen LogP contribution in [0.2, 0.25) is 0 Å². The fourth-order valence-electron chi connectivity index (χ4n) is 3.86. The number of nitrogens with one attached hydrogen (secondary N) is 1. The summed E-state index contributed by atoms with van der Waals surface area (Å²) in [6.45, 7) is 5.41. The molecule has 0 saturated heterocycles. The highest BCUT2D eigenvalue weighted by Gasteiger charge is 2.23. The van der Waals surface area contributed by atoms with Crippen LogP contribution in [0.3, 0.4) is 0 Å². The Morgan fingerprint density at radius 2 is 1.74 bits per heavy atom. The number of nitrogens with zero attached hydrogens (tertiary/aromatic N) is 6. The number of thioether (sulfide) groups is 1. The first-order valence-corrected chi connectivity index (χ1v) is 11.7. The van der Waals surface area contributed by atoms with Crippen molar-refractivity contribution in [2.24, 2.45) is 7.05 Å². The first-order chi connectivity index (χ1) is 16.3. The highest BCUT2D eigenvalue weighted by molar-refractivity contribution is 8.00. The second kappa shape index (κ2) is 8.45. The van der Waals surface area contributed by atoms with Crippen molar-refractivity contribution in [2.75, 3.05) is 5.32 Å². The van der Waals surface area contributed by atoms with Gasteiger partial charge >= 0.3 is 0 Å². The molecule has 172 valence electrons. The van der Waals surface area contributed by atoms with Crippen LogP contribution in [0.25, 0.3) is 22.2 Å². The number of anilines is 1. The number of aromatic nitrogens is 6. The summed E-state index contributed by atoms with van der Waals surface area (Å²) >= 11 is 1.27. The number of aryl methyl sites for hydroxylation is 1. The molecule has 3 aromatic heterocycles. The summed E-state index contributed by atoms with van der Waals surface area (Å²) in [6, 6.07) is 17.0. The number of amides is 1. The predicted octanol–water partition coefficient (Wildman–Crippen LogP) is 3.50. The number of hydrogen-bond acceptors (Lipinski definition) is 6. The van der Waals surface area contributed by atoms with E-state index in [4.69, 9.17) is 4.98 Å². The van der Waals surface area contributed by atoms with Crippen molar-refractivity contribution >= 4 is 39.9 Å². The quantitative estimate of drug-likeness (QED) is 0.310. The van der Waals surface area contributed by atoms with Crippen molar-refractivity contribution in [2.45, 2.75) is 31.2 Å². The van der Waals surface area contributed by atoms with Crippen molar-refractivity contribution in [3.8, 4) is 5.69 Å². The van der Waals surface area contributed by atoms with E-state index < -0.39 is 5.25 Å². The highest BCUT2D eigenvalue weighted by Crippen LogP contribution is 2.27. The third-order valence-electron chi connectivity index (χ3n) is 5.71. The van der Waals surface area contributed by atoms with E-state index in [0.29, 0.717) is 22.3 Å². The third kappa shape index (κ3) is 3.65. The fourth-order valence-corrected chi connectivity index (χ4v) is 4.72. The van der Waals surface area contributed by atoms with E-state index in [9.17, 15) is 9.59 Å². The van der Waals surface area contributed by atoms with Crippen LogP contribution < -0.4 is 10.9 Å². The Morgan fingerprint density at radius 3 is 2.50 bits per heavy atom. The van der Waals surface area contributed by atoms with Crippen LogP contribution in [0.1, 0.15) is 18.4 Å². The lowest BCUT2D eigenvalue weighted by molar-refractivity contribution is -0.115. The molecule has 0 unspecified atom stereocenters. The second-order valence-electron chi connectivity index (χ2n) is 7.99. The second-order valence-corrected chi connectivity index (χ2v) is 9.30. The number of fused-ring (bicyclic) bond motifs is 3. The Kier molecular flexibility index (Phi) is 5.45. The Bertz CT molecular complexity index is 1600. The lowest BCUT2D eigenvalue weighted by Gasteiger charge is -2.12. The molecular weight excluding hydrogens is 450 g/mol. The van der Waals surface area contributed by atoms with E-state index >= 15 is 0 Å². The molecule has 0 radical (unpaired) electrons. The molecule has 10 heteroatoms. The van der Waals surface area contributed by atoms with Gasteiger partial charge in [-0.15, -0.1) is 5.10 Å². The molecule has 0 fully saturated rings. The van der Waals surface area contributed by atoms with E-state index in [-0.39, 0.29) is 17.2 Å². The summed E-state index contributed by atoms with van der Waals surface area (Å²) in [5, 5.41) is 8.22. The third-order valence-corrected chi connectivity index (χ3v) is 6.75. The van der Waals surface area contributed by atoms with Gasteiger partial charge in [-0.3, -0.25) is 14.3 Å². The van der Waals surface area contributed by atoms with Crippen LogP contribution in [-0.2, 0) is 11.8 Å². The number of benzene rings is 2. The molecule has 0 bridgehead atoms. The van der Waals surface area contributed by atoms with Gasteiger partial charge in [0.05, 0.1) is 22.1 Å². The minimum atomic E-state index is -0.537. The number of hydrogen-bond donors (Lipinski definition) is 1. The molecule has 1 N–H and O–H groups in total. The average molecular weight is 474 g/mol. The van der Waals surface area contributed by atoms with Crippen molar-refractivity contribution in [1.82, 2.24) is 28.9 Å². The van der Waals surface area contributed by atoms with Crippen molar-refractivity contribution in [3.05, 3.63) is 76.5 Å². The van der Waals surface area contributed by atoms with Crippen molar-refractivity contribution in [1.29, 1.82) is 0 Å². The molecule has 34 heavy (non-hydrogen) atoms. The average Bonchev–Trinajstić information content (AvgIpc) is 3.33. The Labute approximate surface area is 199 Å². The van der Waals surface area contributed by atoms with Crippen molar-refractivity contribution in [3.63, 3.8) is 0 Å². The molecule has 2 aromatic carbocycles. The fraction of sp³-hybridized carbons (Fsp3) is 0.208. The van der Waals surface area contributed by atoms with E-state index in [1.165, 1.54) is 16.4 Å². The summed E-state index contributed by atoms with van der Waals surface area (Å²) in [5.74, 6) is 0.328. The molecule has 3 heterocycles. The van der Waals surface area contributed by atoms with Gasteiger partial charge in [0, 0.05) is 12.4 Å². The molecule has 5 rings (SSSR count). The van der Waals surface area contributed by atoms with Crippen LogP contribution >= 0.6 is 11.8 Å². The van der Waals surface area contributed by atoms with E-state index in [1.54, 1.807) is 30.1 Å². The minimum absolute atomic E-state index is 0.261. The lowest BCUT2D eigenvalue weighted by Crippen LogP contribution is -2.27. The van der Waals surface area contributed by atoms with Gasteiger partial charge in [-0.1, -0.05) is 42.1 Å². The van der Waals surface area contributed by atoms with E-state index in [0.717, 1.165) is 16.6 Å². The summed E-state index contributed by atoms with van der Waals surface area (Å²) in [4.78, 5) is 35.5. The van der Waals surface area contributed by atoms with Crippen LogP contribution in [-0.4, -0.2) is 40.1 Å². The van der Waals surface area contributed by atoms with Crippen LogP contribution in [0.15, 0.2) is 64.5 Å². The van der Waals surface area contributed by atoms with Gasteiger partial charge < -0.3 is 5.32 Å². The van der Waals surface area contributed by atoms with Crippen molar-refractivity contribution < 1.29 is 4.79 Å². The molecule has 9 nitrogen and oxygen atoms in total. The van der Waals surface area contributed by atoms with Gasteiger partial charge in [0.25, 0.3) is 5.56 Å². The molecule has 0 aliphatic carbocycles. The molecule has 0 aliphatic heterocycles. The maximum Gasteiger partial charge on any atom is 0.295 e. The monoisotopic (exact) mass is 473 g/mol. The molecule has 1 atom stereocenters. The number of carbonyl (C=O) groups excluding carboxylic acids is 1. The zero-order valence-corrected chi connectivity index (χ0v) is 20.0. The zero-order valence-electron chi connectivity index (χ0n) is 19.2. The van der Waals surface area contributed by atoms with Crippen LogP contribution in [0.4, 0.5) is 5.69 Å². The molecule has 5 aromatic rings. The zero-order chi connectivity index (χ0) is 24.0. The van der Waals surface area contributed by atoms with Gasteiger partial charge in [-0.05, 0) is 45.0 Å². The summed E-state index contributed by atoms with van der Waals surface area (Å²) < 4.78 is 4.94. The van der Waals surface area contributed by atoms with E-state index in [2.05, 4.69) is 15.4 Å². The summed E-state index contributed by atoms with van der Waals surface area (Å²) in [6.07, 6.45) is 0. The van der Waals surface area contributed by atoms with Crippen LogP contribution in [0.5, 0.6) is 0 Å².